The molecule has 0 atom stereocenters. The normalized spacial score (nSPS) is 11.0. The summed E-state index contributed by atoms with van der Waals surface area (Å²) in [7, 11) is 1.75. The van der Waals surface area contributed by atoms with E-state index in [1.165, 1.54) is 0 Å². The first kappa shape index (κ1) is 23.1. The molecule has 0 aliphatic rings. The zero-order chi connectivity index (χ0) is 25.6. The first-order chi connectivity index (χ1) is 17.3. The van der Waals surface area contributed by atoms with Crippen molar-refractivity contribution in [2.45, 2.75) is 20.8 Å². The van der Waals surface area contributed by atoms with Gasteiger partial charge in [-0.25, -0.2) is 0 Å². The number of aldehydes is 1. The van der Waals surface area contributed by atoms with E-state index in [2.05, 4.69) is 18.2 Å². The Morgan fingerprint density at radius 3 is 2.28 bits per heavy atom. The van der Waals surface area contributed by atoms with Crippen LogP contribution in [0.25, 0.3) is 27.5 Å². The minimum absolute atomic E-state index is 0.262. The topological polar surface area (TPSA) is 66.1 Å². The van der Waals surface area contributed by atoms with Crippen LogP contribution in [-0.4, -0.2) is 23.8 Å². The van der Waals surface area contributed by atoms with Crippen LogP contribution < -0.4 is 4.90 Å². The van der Waals surface area contributed by atoms with Gasteiger partial charge in [-0.15, -0.1) is 0 Å². The van der Waals surface area contributed by atoms with Crippen LogP contribution >= 0.6 is 0 Å². The van der Waals surface area contributed by atoms with Gasteiger partial charge in [-0.05, 0) is 62.2 Å². The van der Waals surface area contributed by atoms with Gasteiger partial charge in [0.15, 0.2) is 6.29 Å². The van der Waals surface area contributed by atoms with Gasteiger partial charge in [-0.3, -0.25) is 9.59 Å². The summed E-state index contributed by atoms with van der Waals surface area (Å²) in [4.78, 5) is 27.9. The van der Waals surface area contributed by atoms with E-state index in [0.29, 0.717) is 22.4 Å². The molecule has 0 saturated heterocycles. The van der Waals surface area contributed by atoms with E-state index < -0.39 is 0 Å². The molecule has 0 bridgehead atoms. The second-order valence-electron chi connectivity index (χ2n) is 9.17. The molecule has 1 aromatic heterocycles. The van der Waals surface area contributed by atoms with Crippen molar-refractivity contribution in [2.24, 2.45) is 0 Å². The van der Waals surface area contributed by atoms with Gasteiger partial charge in [-0.2, -0.15) is 5.26 Å². The van der Waals surface area contributed by atoms with Crippen LogP contribution in [0.3, 0.4) is 0 Å². The van der Waals surface area contributed by atoms with Crippen molar-refractivity contribution in [1.82, 2.24) is 4.57 Å². The fourth-order valence-corrected chi connectivity index (χ4v) is 5.35. The molecule has 4 aromatic carbocycles. The predicted molar refractivity (Wildman–Crippen MR) is 144 cm³/mol. The van der Waals surface area contributed by atoms with Gasteiger partial charge in [0.2, 0.25) is 0 Å². The third-order valence-corrected chi connectivity index (χ3v) is 6.73. The summed E-state index contributed by atoms with van der Waals surface area (Å²) in [5.74, 6) is -0.262. The second kappa shape index (κ2) is 8.83. The standard InChI is InChI=1S/C31H25N3O2/c1-19-14-20(2)30(21(3)15-19)33(4)31(36)29-23(18-35)8-7-11-28(29)34-26-10-6-5-9-24(26)25-16-22(17-32)12-13-27(25)34/h5-16,18H,1-4H3. The molecular formula is C31H25N3O2. The number of aryl methyl sites for hydroxylation is 3. The molecule has 0 unspecified atom stereocenters. The minimum Gasteiger partial charge on any atom is -0.311 e. The third kappa shape index (κ3) is 3.55. The smallest absolute Gasteiger partial charge is 0.260 e. The van der Waals surface area contributed by atoms with Crippen LogP contribution in [0.1, 0.15) is 43.0 Å². The van der Waals surface area contributed by atoms with Crippen molar-refractivity contribution in [3.63, 3.8) is 0 Å². The summed E-state index contributed by atoms with van der Waals surface area (Å²) in [5.41, 5.74) is 7.55. The largest absolute Gasteiger partial charge is 0.311 e. The Labute approximate surface area is 209 Å². The second-order valence-corrected chi connectivity index (χ2v) is 9.17. The maximum Gasteiger partial charge on any atom is 0.260 e. The molecule has 0 N–H and O–H groups in total. The lowest BCUT2D eigenvalue weighted by atomic mass is 10.0. The predicted octanol–water partition coefficient (Wildman–Crippen LogP) is 6.67. The van der Waals surface area contributed by atoms with E-state index in [1.54, 1.807) is 30.1 Å². The first-order valence-electron chi connectivity index (χ1n) is 11.7. The summed E-state index contributed by atoms with van der Waals surface area (Å²) in [6, 6.07) is 25.1. The van der Waals surface area contributed by atoms with Crippen molar-refractivity contribution < 1.29 is 9.59 Å². The number of hydrogen-bond acceptors (Lipinski definition) is 3. The summed E-state index contributed by atoms with van der Waals surface area (Å²) >= 11 is 0. The van der Waals surface area contributed by atoms with Crippen molar-refractivity contribution >= 4 is 39.7 Å². The molecule has 0 saturated carbocycles. The fourth-order valence-electron chi connectivity index (χ4n) is 5.35. The molecule has 0 spiro atoms. The molecule has 0 aliphatic heterocycles. The van der Waals surface area contributed by atoms with Gasteiger partial charge in [0.1, 0.15) is 0 Å². The van der Waals surface area contributed by atoms with Crippen LogP contribution in [0.5, 0.6) is 0 Å². The van der Waals surface area contributed by atoms with Crippen molar-refractivity contribution in [3.8, 4) is 11.8 Å². The Kier molecular flexibility index (Phi) is 5.66. The average Bonchev–Trinajstić information content (AvgIpc) is 3.20. The highest BCUT2D eigenvalue weighted by molar-refractivity contribution is 6.15. The van der Waals surface area contributed by atoms with E-state index in [9.17, 15) is 14.9 Å². The van der Waals surface area contributed by atoms with Gasteiger partial charge < -0.3 is 9.47 Å². The maximum atomic E-state index is 14.1. The number of carbonyl (C=O) groups is 2. The molecule has 0 radical (unpaired) electrons. The number of para-hydroxylation sites is 1. The zero-order valence-electron chi connectivity index (χ0n) is 20.7. The molecule has 5 heteroatoms. The minimum atomic E-state index is -0.262. The van der Waals surface area contributed by atoms with Crippen LogP contribution in [0.15, 0.2) is 72.8 Å². The molecule has 5 rings (SSSR count). The highest BCUT2D eigenvalue weighted by Crippen LogP contribution is 2.35. The van der Waals surface area contributed by atoms with Gasteiger partial charge >= 0.3 is 0 Å². The summed E-state index contributed by atoms with van der Waals surface area (Å²) in [6.45, 7) is 6.02. The Morgan fingerprint density at radius 2 is 1.58 bits per heavy atom. The maximum absolute atomic E-state index is 14.1. The quantitative estimate of drug-likeness (QED) is 0.275. The number of nitriles is 1. The highest BCUT2D eigenvalue weighted by Gasteiger charge is 2.25. The third-order valence-electron chi connectivity index (χ3n) is 6.73. The molecule has 176 valence electrons. The number of amides is 1. The van der Waals surface area contributed by atoms with Crippen LogP contribution in [0, 0.1) is 32.1 Å². The Bertz CT molecular complexity index is 1710. The SMILES string of the molecule is Cc1cc(C)c(N(C)C(=O)c2c(C=O)cccc2-n2c3ccccc3c3cc(C#N)ccc32)c(C)c1. The summed E-state index contributed by atoms with van der Waals surface area (Å²) < 4.78 is 2.01. The number of rotatable bonds is 4. The Morgan fingerprint density at radius 1 is 0.889 bits per heavy atom. The lowest BCUT2D eigenvalue weighted by Gasteiger charge is -2.25. The fraction of sp³-hybridized carbons (Fsp3) is 0.129. The van der Waals surface area contributed by atoms with Crippen molar-refractivity contribution in [1.29, 1.82) is 5.26 Å². The average molecular weight is 472 g/mol. The van der Waals surface area contributed by atoms with E-state index >= 15 is 0 Å². The Balaban J connectivity index is 1.80. The van der Waals surface area contributed by atoms with E-state index in [4.69, 9.17) is 0 Å². The highest BCUT2D eigenvalue weighted by atomic mass is 16.2. The van der Waals surface area contributed by atoms with Crippen LogP contribution in [0.2, 0.25) is 0 Å². The first-order valence-corrected chi connectivity index (χ1v) is 11.7. The van der Waals surface area contributed by atoms with Crippen LogP contribution in [-0.2, 0) is 0 Å². The van der Waals surface area contributed by atoms with Gasteiger partial charge in [0.05, 0.1) is 33.9 Å². The molecule has 1 amide bonds. The molecule has 1 heterocycles. The molecule has 0 fully saturated rings. The van der Waals surface area contributed by atoms with E-state index in [1.807, 2.05) is 67.8 Å². The van der Waals surface area contributed by atoms with E-state index in [-0.39, 0.29) is 5.91 Å². The molecule has 0 aliphatic carbocycles. The number of hydrogen-bond donors (Lipinski definition) is 0. The monoisotopic (exact) mass is 471 g/mol. The van der Waals surface area contributed by atoms with Gasteiger partial charge in [0, 0.05) is 29.1 Å². The number of nitrogens with zero attached hydrogens (tertiary/aromatic N) is 3. The summed E-state index contributed by atoms with van der Waals surface area (Å²) in [5, 5.41) is 11.3. The summed E-state index contributed by atoms with van der Waals surface area (Å²) in [6.07, 6.45) is 0.737. The van der Waals surface area contributed by atoms with Crippen LogP contribution in [0.4, 0.5) is 5.69 Å². The molecule has 5 nitrogen and oxygen atoms in total. The lowest BCUT2D eigenvalue weighted by Crippen LogP contribution is -2.30. The number of aromatic nitrogens is 1. The molecule has 36 heavy (non-hydrogen) atoms. The van der Waals surface area contributed by atoms with Crippen molar-refractivity contribution in [3.05, 3.63) is 106 Å². The van der Waals surface area contributed by atoms with Gasteiger partial charge in [0.25, 0.3) is 5.91 Å². The Hall–Kier alpha value is -4.69. The molecular weight excluding hydrogens is 446 g/mol. The van der Waals surface area contributed by atoms with Crippen molar-refractivity contribution in [2.75, 3.05) is 11.9 Å². The zero-order valence-corrected chi connectivity index (χ0v) is 20.7. The van der Waals surface area contributed by atoms with Gasteiger partial charge in [-0.1, -0.05) is 48.0 Å². The number of anilines is 1. The number of fused-ring (bicyclic) bond motifs is 3. The lowest BCUT2D eigenvalue weighted by molar-refractivity contribution is 0.0986. The number of carbonyl (C=O) groups excluding carboxylic acids is 2. The molecule has 5 aromatic rings. The number of benzene rings is 4. The van der Waals surface area contributed by atoms with E-state index in [0.717, 1.165) is 50.5 Å².